The lowest BCUT2D eigenvalue weighted by Gasteiger charge is -2.14. The molecule has 1 aliphatic heterocycles. The van der Waals surface area contributed by atoms with Crippen molar-refractivity contribution in [2.24, 2.45) is 5.92 Å². The van der Waals surface area contributed by atoms with Gasteiger partial charge in [0, 0.05) is 0 Å². The van der Waals surface area contributed by atoms with Crippen LogP contribution >= 0.6 is 0 Å². The van der Waals surface area contributed by atoms with Crippen LogP contribution < -0.4 is 5.32 Å². The van der Waals surface area contributed by atoms with Crippen LogP contribution in [0.2, 0.25) is 6.32 Å². The fraction of sp³-hybridized carbons (Fsp3) is 0.875. The number of carboxylic acids is 1. The Bertz CT molecular complexity index is 200. The number of rotatable bonds is 5. The van der Waals surface area contributed by atoms with Crippen LogP contribution in [0.15, 0.2) is 0 Å². The second-order valence-electron chi connectivity index (χ2n) is 3.73. The number of hydrogen-bond donors (Lipinski definition) is 4. The normalized spacial score (nSPS) is 26.4. The highest BCUT2D eigenvalue weighted by Gasteiger charge is 2.31. The first-order valence-electron chi connectivity index (χ1n) is 4.93. The van der Waals surface area contributed by atoms with Crippen molar-refractivity contribution in [2.45, 2.75) is 31.6 Å². The molecule has 6 heteroatoms. The van der Waals surface area contributed by atoms with Crippen molar-refractivity contribution in [3.05, 3.63) is 0 Å². The van der Waals surface area contributed by atoms with E-state index in [9.17, 15) is 4.79 Å². The summed E-state index contributed by atoms with van der Waals surface area (Å²) in [6.07, 6.45) is 2.58. The van der Waals surface area contributed by atoms with Crippen LogP contribution in [0.25, 0.3) is 0 Å². The van der Waals surface area contributed by atoms with Gasteiger partial charge in [-0.05, 0) is 31.6 Å². The fourth-order valence-corrected chi connectivity index (χ4v) is 1.92. The molecule has 0 aromatic heterocycles. The van der Waals surface area contributed by atoms with Crippen LogP contribution in [0, 0.1) is 5.92 Å². The van der Waals surface area contributed by atoms with Crippen LogP contribution in [0.1, 0.15) is 19.3 Å². The molecule has 0 aromatic rings. The summed E-state index contributed by atoms with van der Waals surface area (Å²) in [5.74, 6) is -0.678. The first kappa shape index (κ1) is 11.5. The predicted molar refractivity (Wildman–Crippen MR) is 51.8 cm³/mol. The third-order valence-electron chi connectivity index (χ3n) is 2.65. The van der Waals surface area contributed by atoms with Gasteiger partial charge in [-0.2, -0.15) is 0 Å². The molecule has 1 rings (SSSR count). The Morgan fingerprint density at radius 3 is 2.79 bits per heavy atom. The van der Waals surface area contributed by atoms with Gasteiger partial charge in [0.25, 0.3) is 0 Å². The molecule has 0 amide bonds. The predicted octanol–water partition coefficient (Wildman–Crippen LogP) is -0.698. The zero-order valence-electron chi connectivity index (χ0n) is 8.02. The molecule has 4 N–H and O–H groups in total. The van der Waals surface area contributed by atoms with Crippen molar-refractivity contribution in [2.75, 3.05) is 6.54 Å². The molecule has 0 spiro atoms. The number of nitrogens with one attached hydrogen (secondary N) is 1. The molecule has 1 fully saturated rings. The average molecular weight is 201 g/mol. The minimum Gasteiger partial charge on any atom is -0.480 e. The van der Waals surface area contributed by atoms with Crippen LogP contribution in [-0.2, 0) is 4.79 Å². The first-order chi connectivity index (χ1) is 6.61. The zero-order chi connectivity index (χ0) is 10.6. The molecule has 0 unspecified atom stereocenters. The SMILES string of the molecule is O=C(O)[C@H]1NCC[C@@H]1CCCB(O)O. The molecule has 80 valence electrons. The van der Waals surface area contributed by atoms with Gasteiger partial charge in [0.2, 0.25) is 0 Å². The summed E-state index contributed by atoms with van der Waals surface area (Å²) in [7, 11) is -1.27. The van der Waals surface area contributed by atoms with E-state index >= 15 is 0 Å². The van der Waals surface area contributed by atoms with E-state index in [1.54, 1.807) is 0 Å². The van der Waals surface area contributed by atoms with Gasteiger partial charge in [0.15, 0.2) is 0 Å². The first-order valence-corrected chi connectivity index (χ1v) is 4.93. The Morgan fingerprint density at radius 2 is 2.21 bits per heavy atom. The number of carboxylic acid groups (broad SMARTS) is 1. The highest BCUT2D eigenvalue weighted by Crippen LogP contribution is 2.22. The van der Waals surface area contributed by atoms with Gasteiger partial charge in [-0.25, -0.2) is 0 Å². The maximum Gasteiger partial charge on any atom is 0.451 e. The summed E-state index contributed by atoms with van der Waals surface area (Å²) in [4.78, 5) is 10.7. The van der Waals surface area contributed by atoms with Crippen molar-refractivity contribution in [1.82, 2.24) is 5.32 Å². The number of aliphatic carboxylic acids is 1. The molecule has 0 radical (unpaired) electrons. The Morgan fingerprint density at radius 1 is 1.50 bits per heavy atom. The van der Waals surface area contributed by atoms with Crippen molar-refractivity contribution in [1.29, 1.82) is 0 Å². The third-order valence-corrected chi connectivity index (χ3v) is 2.65. The molecule has 2 atom stereocenters. The average Bonchev–Trinajstić information content (AvgIpc) is 2.51. The van der Waals surface area contributed by atoms with Crippen LogP contribution in [0.4, 0.5) is 0 Å². The van der Waals surface area contributed by atoms with Gasteiger partial charge in [-0.1, -0.05) is 6.42 Å². The second kappa shape index (κ2) is 5.33. The lowest BCUT2D eigenvalue weighted by molar-refractivity contribution is -0.140. The van der Waals surface area contributed by atoms with Crippen LogP contribution in [-0.4, -0.2) is 40.8 Å². The van der Waals surface area contributed by atoms with Gasteiger partial charge in [-0.15, -0.1) is 0 Å². The molecule has 0 saturated carbocycles. The molecule has 0 aliphatic carbocycles. The largest absolute Gasteiger partial charge is 0.480 e. The fourth-order valence-electron chi connectivity index (χ4n) is 1.92. The Kier molecular flexibility index (Phi) is 4.38. The molecule has 5 nitrogen and oxygen atoms in total. The highest BCUT2D eigenvalue weighted by molar-refractivity contribution is 6.40. The molecule has 0 bridgehead atoms. The lowest BCUT2D eigenvalue weighted by atomic mass is 9.81. The second-order valence-corrected chi connectivity index (χ2v) is 3.73. The summed E-state index contributed by atoms with van der Waals surface area (Å²) in [6, 6.07) is -0.453. The lowest BCUT2D eigenvalue weighted by Crippen LogP contribution is -2.35. The molecule has 1 aliphatic rings. The number of carbonyl (C=O) groups is 1. The van der Waals surface area contributed by atoms with E-state index in [0.717, 1.165) is 19.4 Å². The van der Waals surface area contributed by atoms with E-state index in [4.69, 9.17) is 15.2 Å². The van der Waals surface area contributed by atoms with Gasteiger partial charge >= 0.3 is 13.1 Å². The molecule has 1 saturated heterocycles. The molecular formula is C8H16BNO4. The summed E-state index contributed by atoms with van der Waals surface area (Å²) in [6.45, 7) is 0.739. The van der Waals surface area contributed by atoms with E-state index in [0.29, 0.717) is 12.7 Å². The minimum atomic E-state index is -1.27. The summed E-state index contributed by atoms with van der Waals surface area (Å²) in [5.41, 5.74) is 0. The molecular weight excluding hydrogens is 185 g/mol. The summed E-state index contributed by atoms with van der Waals surface area (Å²) >= 11 is 0. The maximum atomic E-state index is 10.7. The van der Waals surface area contributed by atoms with Crippen molar-refractivity contribution >= 4 is 13.1 Å². The van der Waals surface area contributed by atoms with E-state index in [2.05, 4.69) is 5.32 Å². The molecule has 0 aromatic carbocycles. The van der Waals surface area contributed by atoms with Crippen molar-refractivity contribution in [3.8, 4) is 0 Å². The van der Waals surface area contributed by atoms with Gasteiger partial charge in [0.1, 0.15) is 6.04 Å². The maximum absolute atomic E-state index is 10.7. The zero-order valence-corrected chi connectivity index (χ0v) is 8.02. The topological polar surface area (TPSA) is 89.8 Å². The Labute approximate surface area is 83.3 Å². The quantitative estimate of drug-likeness (QED) is 0.441. The Hall–Kier alpha value is -0.585. The number of hydrogen-bond acceptors (Lipinski definition) is 4. The summed E-state index contributed by atoms with van der Waals surface area (Å²) < 4.78 is 0. The van der Waals surface area contributed by atoms with E-state index in [-0.39, 0.29) is 5.92 Å². The van der Waals surface area contributed by atoms with E-state index in [1.807, 2.05) is 0 Å². The van der Waals surface area contributed by atoms with Gasteiger partial charge in [0.05, 0.1) is 0 Å². The molecule has 14 heavy (non-hydrogen) atoms. The van der Waals surface area contributed by atoms with E-state index < -0.39 is 19.1 Å². The highest BCUT2D eigenvalue weighted by atomic mass is 16.4. The monoisotopic (exact) mass is 201 g/mol. The van der Waals surface area contributed by atoms with Crippen LogP contribution in [0.5, 0.6) is 0 Å². The molecule has 1 heterocycles. The third kappa shape index (κ3) is 3.28. The standard InChI is InChI=1S/C8H16BNO4/c11-8(12)7-6(3-5-10-7)2-1-4-9(13)14/h6-7,10,13-14H,1-5H2,(H,11,12)/t6-,7-/m0/s1. The Balaban J connectivity index is 2.26. The minimum absolute atomic E-state index is 0.131. The van der Waals surface area contributed by atoms with Crippen molar-refractivity contribution in [3.63, 3.8) is 0 Å². The summed E-state index contributed by atoms with van der Waals surface area (Å²) in [5, 5.41) is 29.0. The van der Waals surface area contributed by atoms with Crippen molar-refractivity contribution < 1.29 is 19.9 Å². The smallest absolute Gasteiger partial charge is 0.451 e. The van der Waals surface area contributed by atoms with Gasteiger partial charge in [-0.3, -0.25) is 4.79 Å². The van der Waals surface area contributed by atoms with Gasteiger partial charge < -0.3 is 20.5 Å². The van der Waals surface area contributed by atoms with Crippen LogP contribution in [0.3, 0.4) is 0 Å². The van der Waals surface area contributed by atoms with E-state index in [1.165, 1.54) is 0 Å².